The van der Waals surface area contributed by atoms with Gasteiger partial charge in [0.1, 0.15) is 0 Å². The Morgan fingerprint density at radius 1 is 1.08 bits per heavy atom. The molecule has 0 saturated carbocycles. The van der Waals surface area contributed by atoms with Crippen molar-refractivity contribution < 1.29 is 4.79 Å². The van der Waals surface area contributed by atoms with Crippen LogP contribution in [0.15, 0.2) is 55.0 Å². The van der Waals surface area contributed by atoms with Gasteiger partial charge in [0.25, 0.3) is 5.91 Å². The third-order valence-corrected chi connectivity index (χ3v) is 4.01. The number of hydrogen-bond donors (Lipinski definition) is 1. The van der Waals surface area contributed by atoms with E-state index in [2.05, 4.69) is 15.4 Å². The lowest BCUT2D eigenvalue weighted by atomic mass is 10.1. The van der Waals surface area contributed by atoms with E-state index in [1.165, 1.54) is 5.56 Å². The van der Waals surface area contributed by atoms with E-state index in [0.29, 0.717) is 18.7 Å². The van der Waals surface area contributed by atoms with Crippen LogP contribution < -0.4 is 5.32 Å². The molecule has 0 aliphatic rings. The summed E-state index contributed by atoms with van der Waals surface area (Å²) in [6, 6.07) is 11.6. The number of aromatic nitrogens is 3. The average molecular weight is 320 g/mol. The number of pyridine rings is 1. The minimum Gasteiger partial charge on any atom is -0.350 e. The predicted molar refractivity (Wildman–Crippen MR) is 93.7 cm³/mol. The SMILES string of the molecule is Cc1ccc(C(=O)NCCn2ccc(-c3ccncc3)n2)cc1C. The molecule has 0 saturated heterocycles. The van der Waals surface area contributed by atoms with E-state index in [-0.39, 0.29) is 5.91 Å². The van der Waals surface area contributed by atoms with Crippen molar-refractivity contribution in [3.05, 3.63) is 71.7 Å². The van der Waals surface area contributed by atoms with Gasteiger partial charge in [-0.05, 0) is 55.3 Å². The van der Waals surface area contributed by atoms with Crippen LogP contribution in [0.2, 0.25) is 0 Å². The van der Waals surface area contributed by atoms with Crippen LogP contribution in [-0.4, -0.2) is 27.2 Å². The van der Waals surface area contributed by atoms with Gasteiger partial charge in [0.15, 0.2) is 0 Å². The van der Waals surface area contributed by atoms with Crippen LogP contribution in [0.4, 0.5) is 0 Å². The van der Waals surface area contributed by atoms with E-state index in [4.69, 9.17) is 0 Å². The number of carbonyl (C=O) groups excluding carboxylic acids is 1. The van der Waals surface area contributed by atoms with Gasteiger partial charge in [-0.3, -0.25) is 14.5 Å². The molecule has 0 unspecified atom stereocenters. The maximum atomic E-state index is 12.2. The predicted octanol–water partition coefficient (Wildman–Crippen LogP) is 2.99. The molecule has 5 heteroatoms. The van der Waals surface area contributed by atoms with Crippen molar-refractivity contribution in [1.29, 1.82) is 0 Å². The van der Waals surface area contributed by atoms with Crippen LogP contribution in [0, 0.1) is 13.8 Å². The third kappa shape index (κ3) is 3.68. The summed E-state index contributed by atoms with van der Waals surface area (Å²) < 4.78 is 1.83. The van der Waals surface area contributed by atoms with E-state index >= 15 is 0 Å². The first-order valence-electron chi connectivity index (χ1n) is 7.93. The van der Waals surface area contributed by atoms with Gasteiger partial charge in [-0.25, -0.2) is 0 Å². The first kappa shape index (κ1) is 15.9. The van der Waals surface area contributed by atoms with Gasteiger partial charge in [-0.2, -0.15) is 5.10 Å². The van der Waals surface area contributed by atoms with E-state index in [1.807, 2.05) is 61.1 Å². The molecule has 0 aliphatic heterocycles. The molecule has 122 valence electrons. The Kier molecular flexibility index (Phi) is 4.70. The van der Waals surface area contributed by atoms with Crippen LogP contribution in [0.1, 0.15) is 21.5 Å². The molecule has 3 rings (SSSR count). The summed E-state index contributed by atoms with van der Waals surface area (Å²) in [6.07, 6.45) is 5.41. The Morgan fingerprint density at radius 3 is 2.62 bits per heavy atom. The minimum absolute atomic E-state index is 0.0559. The highest BCUT2D eigenvalue weighted by Gasteiger charge is 2.07. The number of nitrogens with one attached hydrogen (secondary N) is 1. The maximum Gasteiger partial charge on any atom is 0.251 e. The van der Waals surface area contributed by atoms with Crippen LogP contribution in [0.3, 0.4) is 0 Å². The first-order chi connectivity index (χ1) is 11.6. The van der Waals surface area contributed by atoms with Crippen molar-refractivity contribution >= 4 is 5.91 Å². The summed E-state index contributed by atoms with van der Waals surface area (Å²) >= 11 is 0. The van der Waals surface area contributed by atoms with Crippen molar-refractivity contribution in [3.63, 3.8) is 0 Å². The number of nitrogens with zero attached hydrogens (tertiary/aromatic N) is 3. The Bertz CT molecular complexity index is 840. The zero-order chi connectivity index (χ0) is 16.9. The van der Waals surface area contributed by atoms with Crippen LogP contribution in [0.5, 0.6) is 0 Å². The van der Waals surface area contributed by atoms with E-state index in [9.17, 15) is 4.79 Å². The van der Waals surface area contributed by atoms with E-state index in [0.717, 1.165) is 16.8 Å². The van der Waals surface area contributed by atoms with Gasteiger partial charge < -0.3 is 5.32 Å². The van der Waals surface area contributed by atoms with Crippen LogP contribution >= 0.6 is 0 Å². The van der Waals surface area contributed by atoms with Crippen molar-refractivity contribution in [2.45, 2.75) is 20.4 Å². The van der Waals surface area contributed by atoms with Crippen molar-refractivity contribution in [2.75, 3.05) is 6.54 Å². The number of hydrogen-bond acceptors (Lipinski definition) is 3. The Morgan fingerprint density at radius 2 is 1.88 bits per heavy atom. The van der Waals surface area contributed by atoms with E-state index < -0.39 is 0 Å². The highest BCUT2D eigenvalue weighted by atomic mass is 16.1. The molecule has 0 spiro atoms. The highest BCUT2D eigenvalue weighted by Crippen LogP contribution is 2.14. The summed E-state index contributed by atoms with van der Waals surface area (Å²) in [5, 5.41) is 7.45. The Labute approximate surface area is 141 Å². The zero-order valence-electron chi connectivity index (χ0n) is 13.9. The van der Waals surface area contributed by atoms with Gasteiger partial charge in [-0.1, -0.05) is 6.07 Å². The van der Waals surface area contributed by atoms with Gasteiger partial charge in [0.2, 0.25) is 0 Å². The van der Waals surface area contributed by atoms with Gasteiger partial charge in [0, 0.05) is 36.3 Å². The molecule has 0 radical (unpaired) electrons. The second kappa shape index (κ2) is 7.08. The summed E-state index contributed by atoms with van der Waals surface area (Å²) in [7, 11) is 0. The van der Waals surface area contributed by atoms with Crippen LogP contribution in [-0.2, 0) is 6.54 Å². The zero-order valence-corrected chi connectivity index (χ0v) is 13.9. The molecule has 1 aromatic carbocycles. The fraction of sp³-hybridized carbons (Fsp3) is 0.211. The second-order valence-corrected chi connectivity index (χ2v) is 5.75. The number of amides is 1. The fourth-order valence-corrected chi connectivity index (χ4v) is 2.43. The molecule has 1 amide bonds. The molecular weight excluding hydrogens is 300 g/mol. The van der Waals surface area contributed by atoms with E-state index in [1.54, 1.807) is 12.4 Å². The lowest BCUT2D eigenvalue weighted by Crippen LogP contribution is -2.27. The molecule has 24 heavy (non-hydrogen) atoms. The molecular formula is C19H20N4O. The number of aryl methyl sites for hydroxylation is 2. The van der Waals surface area contributed by atoms with Gasteiger partial charge in [0.05, 0.1) is 12.2 Å². The number of carbonyl (C=O) groups is 1. The Balaban J connectivity index is 1.56. The van der Waals surface area contributed by atoms with Gasteiger partial charge in [-0.15, -0.1) is 0 Å². The summed E-state index contributed by atoms with van der Waals surface area (Å²) in [4.78, 5) is 16.2. The fourth-order valence-electron chi connectivity index (χ4n) is 2.43. The topological polar surface area (TPSA) is 59.8 Å². The van der Waals surface area contributed by atoms with Crippen molar-refractivity contribution in [2.24, 2.45) is 0 Å². The monoisotopic (exact) mass is 320 g/mol. The quantitative estimate of drug-likeness (QED) is 0.786. The van der Waals surface area contributed by atoms with Gasteiger partial charge >= 0.3 is 0 Å². The standard InChI is InChI=1S/C19H20N4O/c1-14-3-4-17(13-15(14)2)19(24)21-10-12-23-11-7-18(22-23)16-5-8-20-9-6-16/h3-9,11,13H,10,12H2,1-2H3,(H,21,24). The minimum atomic E-state index is -0.0559. The average Bonchev–Trinajstić information content (AvgIpc) is 3.07. The number of rotatable bonds is 5. The molecule has 0 atom stereocenters. The summed E-state index contributed by atoms with van der Waals surface area (Å²) in [5.41, 5.74) is 4.93. The normalized spacial score (nSPS) is 10.6. The lowest BCUT2D eigenvalue weighted by Gasteiger charge is -2.07. The van der Waals surface area contributed by atoms with Crippen LogP contribution in [0.25, 0.3) is 11.3 Å². The summed E-state index contributed by atoms with van der Waals surface area (Å²) in [6.45, 7) is 5.20. The molecule has 1 N–H and O–H groups in total. The Hall–Kier alpha value is -2.95. The highest BCUT2D eigenvalue weighted by molar-refractivity contribution is 5.94. The van der Waals surface area contributed by atoms with Crippen molar-refractivity contribution in [3.8, 4) is 11.3 Å². The molecule has 2 heterocycles. The largest absolute Gasteiger partial charge is 0.350 e. The smallest absolute Gasteiger partial charge is 0.251 e. The molecule has 5 nitrogen and oxygen atoms in total. The molecule has 0 bridgehead atoms. The van der Waals surface area contributed by atoms with Crippen molar-refractivity contribution in [1.82, 2.24) is 20.1 Å². The lowest BCUT2D eigenvalue weighted by molar-refractivity contribution is 0.0952. The molecule has 3 aromatic rings. The summed E-state index contributed by atoms with van der Waals surface area (Å²) in [5.74, 6) is -0.0559. The first-order valence-corrected chi connectivity index (χ1v) is 7.93. The maximum absolute atomic E-state index is 12.2. The molecule has 0 aliphatic carbocycles. The third-order valence-electron chi connectivity index (χ3n) is 4.01. The molecule has 2 aromatic heterocycles. The second-order valence-electron chi connectivity index (χ2n) is 5.75. The molecule has 0 fully saturated rings. The number of benzene rings is 1.